The van der Waals surface area contributed by atoms with Crippen molar-refractivity contribution >= 4 is 45.7 Å². The Morgan fingerprint density at radius 2 is 1.85 bits per heavy atom. The molecule has 8 nitrogen and oxygen atoms in total. The third-order valence-corrected chi connectivity index (χ3v) is 6.83. The zero-order chi connectivity index (χ0) is 28.3. The molecule has 5 rings (SSSR count). The van der Waals surface area contributed by atoms with Crippen LogP contribution in [0, 0.1) is 0 Å². The van der Waals surface area contributed by atoms with Crippen LogP contribution < -0.4 is 14.4 Å². The molecule has 0 saturated carbocycles. The van der Waals surface area contributed by atoms with E-state index in [4.69, 9.17) is 9.26 Å². The Morgan fingerprint density at radius 3 is 2.60 bits per heavy atom. The van der Waals surface area contributed by atoms with Crippen LogP contribution in [-0.2, 0) is 11.4 Å². The van der Waals surface area contributed by atoms with Gasteiger partial charge in [-0.3, -0.25) is 9.69 Å². The number of amides is 1. The first-order valence-electron chi connectivity index (χ1n) is 12.2. The number of anilines is 1. The average Bonchev–Trinajstić information content (AvgIpc) is 3.49. The van der Waals surface area contributed by atoms with Crippen molar-refractivity contribution in [2.45, 2.75) is 32.7 Å². The molecule has 1 fully saturated rings. The second-order valence-electron chi connectivity index (χ2n) is 9.05. The number of aromatic nitrogens is 1. The second kappa shape index (κ2) is 11.4. The Morgan fingerprint density at radius 1 is 1.10 bits per heavy atom. The number of alkyl halides is 3. The summed E-state index contributed by atoms with van der Waals surface area (Å²) in [5, 5.41) is 13.8. The fourth-order valence-electron chi connectivity index (χ4n) is 4.08. The predicted molar refractivity (Wildman–Crippen MR) is 147 cm³/mol. The van der Waals surface area contributed by atoms with E-state index in [9.17, 15) is 18.0 Å². The summed E-state index contributed by atoms with van der Waals surface area (Å²) < 4.78 is 51.9. The summed E-state index contributed by atoms with van der Waals surface area (Å²) in [5.74, 6) is 0.498. The molecule has 4 aromatic rings. The van der Waals surface area contributed by atoms with Gasteiger partial charge in [0.1, 0.15) is 23.8 Å². The summed E-state index contributed by atoms with van der Waals surface area (Å²) in [4.78, 5) is 14.3. The lowest BCUT2D eigenvalue weighted by Gasteiger charge is -2.20. The smallest absolute Gasteiger partial charge is 0.487 e. The quantitative estimate of drug-likeness (QED) is 0.170. The van der Waals surface area contributed by atoms with Crippen LogP contribution in [0.15, 0.2) is 81.5 Å². The number of thioether (sulfide) groups is 1. The summed E-state index contributed by atoms with van der Waals surface area (Å²) in [5.41, 5.74) is 3.60. The molecule has 2 heterocycles. The Labute approximate surface area is 231 Å². The van der Waals surface area contributed by atoms with Gasteiger partial charge in [0.2, 0.25) is 5.91 Å². The van der Waals surface area contributed by atoms with Gasteiger partial charge >= 0.3 is 6.36 Å². The molecule has 40 heavy (non-hydrogen) atoms. The molecule has 0 N–H and O–H groups in total. The maximum absolute atomic E-state index is 12.6. The third kappa shape index (κ3) is 6.28. The van der Waals surface area contributed by atoms with Gasteiger partial charge < -0.3 is 14.0 Å². The number of para-hydroxylation sites is 1. The van der Waals surface area contributed by atoms with Gasteiger partial charge in [-0.05, 0) is 59.5 Å². The molecule has 0 atom stereocenters. The number of amidine groups is 1. The molecular weight excluding hydrogens is 545 g/mol. The molecular formula is C28H23F3N4O4S. The topological polar surface area (TPSA) is 89.5 Å². The van der Waals surface area contributed by atoms with E-state index < -0.39 is 6.36 Å². The monoisotopic (exact) mass is 568 g/mol. The van der Waals surface area contributed by atoms with E-state index in [1.54, 1.807) is 23.2 Å². The zero-order valence-corrected chi connectivity index (χ0v) is 22.2. The summed E-state index contributed by atoms with van der Waals surface area (Å²) in [6.07, 6.45) is -3.20. The molecule has 3 aromatic carbocycles. The number of halogens is 3. The molecule has 0 unspecified atom stereocenters. The first-order valence-corrected chi connectivity index (χ1v) is 13.2. The van der Waals surface area contributed by atoms with Crippen molar-refractivity contribution < 1.29 is 32.0 Å². The largest absolute Gasteiger partial charge is 0.573 e. The fraction of sp³-hybridized carbons (Fsp3) is 0.214. The maximum Gasteiger partial charge on any atom is 0.573 e. The van der Waals surface area contributed by atoms with Gasteiger partial charge in [-0.25, -0.2) is 0 Å². The van der Waals surface area contributed by atoms with E-state index in [1.807, 2.05) is 30.3 Å². The lowest BCUT2D eigenvalue weighted by Crippen LogP contribution is -2.30. The normalized spacial score (nSPS) is 15.2. The van der Waals surface area contributed by atoms with Crippen molar-refractivity contribution in [1.29, 1.82) is 0 Å². The number of benzene rings is 3. The number of carbonyl (C=O) groups is 1. The third-order valence-electron chi connectivity index (χ3n) is 5.92. The molecule has 1 aliphatic heterocycles. The van der Waals surface area contributed by atoms with Crippen molar-refractivity contribution in [3.05, 3.63) is 83.6 Å². The SMILES string of the molecule is CC(C)c1ccccc1N1C(=O)CSC1=NN=Cc1ccc2c(COc3ccc(OC(F)(F)F)cc3)noc2c1. The highest BCUT2D eigenvalue weighted by Crippen LogP contribution is 2.33. The van der Waals surface area contributed by atoms with Crippen LogP contribution in [0.5, 0.6) is 11.5 Å². The average molecular weight is 569 g/mol. The summed E-state index contributed by atoms with van der Waals surface area (Å²) in [6.45, 7) is 4.20. The van der Waals surface area contributed by atoms with Crippen molar-refractivity contribution in [3.8, 4) is 11.5 Å². The molecule has 0 aliphatic carbocycles. The van der Waals surface area contributed by atoms with Gasteiger partial charge in [-0.1, -0.05) is 55.0 Å². The van der Waals surface area contributed by atoms with E-state index in [0.29, 0.717) is 38.9 Å². The molecule has 0 bridgehead atoms. The highest BCUT2D eigenvalue weighted by atomic mass is 32.2. The minimum atomic E-state index is -4.76. The van der Waals surface area contributed by atoms with Gasteiger partial charge in [-0.15, -0.1) is 18.3 Å². The molecule has 206 valence electrons. The highest BCUT2D eigenvalue weighted by molar-refractivity contribution is 8.15. The van der Waals surface area contributed by atoms with Gasteiger partial charge in [0.25, 0.3) is 0 Å². The van der Waals surface area contributed by atoms with Gasteiger partial charge in [0.15, 0.2) is 10.8 Å². The Balaban J connectivity index is 1.26. The van der Waals surface area contributed by atoms with E-state index in [1.165, 1.54) is 36.0 Å². The minimum absolute atomic E-state index is 0.0459. The summed E-state index contributed by atoms with van der Waals surface area (Å²) in [7, 11) is 0. The van der Waals surface area contributed by atoms with Crippen molar-refractivity contribution in [2.75, 3.05) is 10.7 Å². The summed E-state index contributed by atoms with van der Waals surface area (Å²) >= 11 is 1.33. The first kappa shape index (κ1) is 27.3. The Kier molecular flexibility index (Phi) is 7.78. The highest BCUT2D eigenvalue weighted by Gasteiger charge is 2.32. The first-order chi connectivity index (χ1) is 19.2. The van der Waals surface area contributed by atoms with Crippen LogP contribution in [0.3, 0.4) is 0 Å². The molecule has 0 radical (unpaired) electrons. The fourth-order valence-corrected chi connectivity index (χ4v) is 4.89. The van der Waals surface area contributed by atoms with Gasteiger partial charge in [0.05, 0.1) is 17.7 Å². The lowest BCUT2D eigenvalue weighted by molar-refractivity contribution is -0.274. The van der Waals surface area contributed by atoms with Crippen molar-refractivity contribution in [3.63, 3.8) is 0 Å². The number of nitrogens with zero attached hydrogens (tertiary/aromatic N) is 4. The molecule has 1 aliphatic rings. The Bertz CT molecular complexity index is 1580. The molecule has 1 amide bonds. The van der Waals surface area contributed by atoms with E-state index in [0.717, 1.165) is 11.3 Å². The summed E-state index contributed by atoms with van der Waals surface area (Å²) in [6, 6.07) is 18.2. The van der Waals surface area contributed by atoms with Crippen molar-refractivity contribution in [2.24, 2.45) is 10.2 Å². The zero-order valence-electron chi connectivity index (χ0n) is 21.4. The van der Waals surface area contributed by atoms with Crippen LogP contribution in [0.1, 0.15) is 36.6 Å². The van der Waals surface area contributed by atoms with Gasteiger partial charge in [0, 0.05) is 5.39 Å². The number of rotatable bonds is 8. The molecule has 1 aromatic heterocycles. The van der Waals surface area contributed by atoms with E-state index in [-0.39, 0.29) is 24.2 Å². The minimum Gasteiger partial charge on any atom is -0.487 e. The van der Waals surface area contributed by atoms with E-state index in [2.05, 4.69) is 33.9 Å². The number of carbonyl (C=O) groups excluding carboxylic acids is 1. The number of hydrogen-bond donors (Lipinski definition) is 0. The Hall–Kier alpha value is -4.32. The maximum atomic E-state index is 12.6. The number of hydrogen-bond acceptors (Lipinski definition) is 8. The van der Waals surface area contributed by atoms with Crippen molar-refractivity contribution in [1.82, 2.24) is 5.16 Å². The number of fused-ring (bicyclic) bond motifs is 1. The molecule has 0 spiro atoms. The van der Waals surface area contributed by atoms with Gasteiger partial charge in [-0.2, -0.15) is 5.10 Å². The second-order valence-corrected chi connectivity index (χ2v) is 9.99. The van der Waals surface area contributed by atoms with Crippen LogP contribution in [0.4, 0.5) is 18.9 Å². The van der Waals surface area contributed by atoms with E-state index >= 15 is 0 Å². The predicted octanol–water partition coefficient (Wildman–Crippen LogP) is 6.90. The van der Waals surface area contributed by atoms with Crippen LogP contribution in [-0.4, -0.2) is 34.6 Å². The lowest BCUT2D eigenvalue weighted by atomic mass is 10.0. The molecule has 1 saturated heterocycles. The van der Waals surface area contributed by atoms with Crippen LogP contribution in [0.2, 0.25) is 0 Å². The number of ether oxygens (including phenoxy) is 2. The standard InChI is InChI=1S/C28H23F3N4O4S/c1-17(2)21-5-3-4-6-24(21)35-26(36)16-40-27(35)33-32-14-18-7-12-22-23(34-39-25(22)13-18)15-37-19-8-10-20(11-9-19)38-28(29,30)31/h3-14,17H,15-16H2,1-2H3. The molecule has 12 heteroatoms. The van der Waals surface area contributed by atoms with Crippen LogP contribution in [0.25, 0.3) is 11.0 Å². The van der Waals surface area contributed by atoms with Crippen LogP contribution >= 0.6 is 11.8 Å².